The molecule has 1 heterocycles. The van der Waals surface area contributed by atoms with Crippen molar-refractivity contribution in [3.8, 4) is 0 Å². The molecular formula is C25H39N2O5+. The van der Waals surface area contributed by atoms with Crippen LogP contribution in [0.1, 0.15) is 51.5 Å². The number of carbonyl (C=O) groups excluding carboxylic acids is 3. The molecule has 7 heteroatoms. The molecule has 0 radical (unpaired) electrons. The minimum atomic E-state index is -1.38. The van der Waals surface area contributed by atoms with E-state index in [0.717, 1.165) is 43.4 Å². The zero-order valence-electron chi connectivity index (χ0n) is 19.7. The van der Waals surface area contributed by atoms with Crippen LogP contribution in [0.2, 0.25) is 0 Å². The molecule has 0 aliphatic carbocycles. The van der Waals surface area contributed by atoms with E-state index in [0.29, 0.717) is 5.92 Å². The summed E-state index contributed by atoms with van der Waals surface area (Å²) in [4.78, 5) is 36.3. The van der Waals surface area contributed by atoms with E-state index in [9.17, 15) is 24.6 Å². The quantitative estimate of drug-likeness (QED) is 0.335. The van der Waals surface area contributed by atoms with Crippen molar-refractivity contribution in [1.82, 2.24) is 5.32 Å². The molecule has 7 nitrogen and oxygen atoms in total. The van der Waals surface area contributed by atoms with Gasteiger partial charge in [0.1, 0.15) is 12.6 Å². The molecule has 1 aromatic rings. The summed E-state index contributed by atoms with van der Waals surface area (Å²) in [5.41, 5.74) is 0.369. The highest BCUT2D eigenvalue weighted by Crippen LogP contribution is 2.27. The summed E-state index contributed by atoms with van der Waals surface area (Å²) in [6.07, 6.45) is 1.63. The van der Waals surface area contributed by atoms with E-state index >= 15 is 0 Å². The van der Waals surface area contributed by atoms with Crippen molar-refractivity contribution in [3.63, 3.8) is 0 Å². The number of aliphatic hydroxyl groups excluding tert-OH is 2. The van der Waals surface area contributed by atoms with Crippen LogP contribution in [-0.2, 0) is 20.9 Å². The maximum atomic E-state index is 12.2. The number of Topliss-reactive ketones (excluding diaryl/α,β-unsaturated/α-hetero) is 2. The Bertz CT molecular complexity index is 770. The normalized spacial score (nSPS) is 22.2. The standard InChI is InChI=1S/C25H38N2O5/c1-25(2,18-28)23(31)24(32)26-14-11-22(30)21(29)10-9-19-12-15-27(3,16-13-19)17-20-7-5-4-6-8-20/h4-8,19,23,28,31H,9-18H2,1-3H3/p+1/t19?,23-,27?/m0/s1. The molecule has 32 heavy (non-hydrogen) atoms. The van der Waals surface area contributed by atoms with E-state index in [1.807, 2.05) is 6.07 Å². The monoisotopic (exact) mass is 447 g/mol. The first-order chi connectivity index (χ1) is 15.1. The van der Waals surface area contributed by atoms with Gasteiger partial charge in [0.25, 0.3) is 0 Å². The lowest BCUT2D eigenvalue weighted by Crippen LogP contribution is -2.49. The van der Waals surface area contributed by atoms with Crippen LogP contribution >= 0.6 is 0 Å². The van der Waals surface area contributed by atoms with Crippen LogP contribution in [0.5, 0.6) is 0 Å². The number of rotatable bonds is 12. The summed E-state index contributed by atoms with van der Waals surface area (Å²) in [5, 5.41) is 21.6. The van der Waals surface area contributed by atoms with Crippen molar-refractivity contribution < 1.29 is 29.1 Å². The summed E-state index contributed by atoms with van der Waals surface area (Å²) in [6.45, 7) is 5.95. The fourth-order valence-electron chi connectivity index (χ4n) is 4.17. The highest BCUT2D eigenvalue weighted by molar-refractivity contribution is 6.37. The number of nitrogens with one attached hydrogen (secondary N) is 1. The fourth-order valence-corrected chi connectivity index (χ4v) is 4.17. The second-order valence-corrected chi connectivity index (χ2v) is 10.1. The van der Waals surface area contributed by atoms with Gasteiger partial charge in [-0.3, -0.25) is 14.4 Å². The number of amides is 1. The predicted octanol–water partition coefficient (Wildman–Crippen LogP) is 1.85. The van der Waals surface area contributed by atoms with Crippen LogP contribution < -0.4 is 5.32 Å². The van der Waals surface area contributed by atoms with Gasteiger partial charge in [0.15, 0.2) is 11.6 Å². The zero-order valence-corrected chi connectivity index (χ0v) is 19.7. The third kappa shape index (κ3) is 7.80. The topological polar surface area (TPSA) is 104 Å². The van der Waals surface area contributed by atoms with Gasteiger partial charge < -0.3 is 20.0 Å². The van der Waals surface area contributed by atoms with Gasteiger partial charge in [-0.1, -0.05) is 44.2 Å². The maximum absolute atomic E-state index is 12.2. The summed E-state index contributed by atoms with van der Waals surface area (Å²) in [7, 11) is 2.28. The highest BCUT2D eigenvalue weighted by Gasteiger charge is 2.33. The van der Waals surface area contributed by atoms with Crippen molar-refractivity contribution >= 4 is 17.5 Å². The first-order valence-electron chi connectivity index (χ1n) is 11.6. The van der Waals surface area contributed by atoms with Crippen LogP contribution in [0, 0.1) is 11.3 Å². The number of quaternary nitrogens is 1. The first-order valence-corrected chi connectivity index (χ1v) is 11.6. The van der Waals surface area contributed by atoms with Crippen LogP contribution in [0.3, 0.4) is 0 Å². The van der Waals surface area contributed by atoms with Gasteiger partial charge in [-0.15, -0.1) is 0 Å². The van der Waals surface area contributed by atoms with Crippen molar-refractivity contribution in [2.75, 3.05) is 33.3 Å². The number of hydrogen-bond donors (Lipinski definition) is 3. The molecule has 1 amide bonds. The van der Waals surface area contributed by atoms with Crippen molar-refractivity contribution in [2.45, 2.75) is 58.6 Å². The van der Waals surface area contributed by atoms with Gasteiger partial charge in [-0.05, 0) is 25.2 Å². The van der Waals surface area contributed by atoms with E-state index in [-0.39, 0.29) is 31.8 Å². The first kappa shape index (κ1) is 26.2. The third-order valence-corrected chi connectivity index (χ3v) is 6.70. The van der Waals surface area contributed by atoms with E-state index in [1.165, 1.54) is 5.56 Å². The minimum Gasteiger partial charge on any atom is -0.396 e. The molecule has 0 spiro atoms. The van der Waals surface area contributed by atoms with E-state index in [1.54, 1.807) is 13.8 Å². The molecule has 2 rings (SSSR count). The van der Waals surface area contributed by atoms with Gasteiger partial charge >= 0.3 is 0 Å². The molecule has 1 aliphatic rings. The molecular weight excluding hydrogens is 408 g/mol. The number of carbonyl (C=O) groups is 3. The Morgan fingerprint density at radius 1 is 1.09 bits per heavy atom. The Balaban J connectivity index is 1.66. The van der Waals surface area contributed by atoms with Crippen molar-refractivity contribution in [1.29, 1.82) is 0 Å². The van der Waals surface area contributed by atoms with E-state index < -0.39 is 23.2 Å². The summed E-state index contributed by atoms with van der Waals surface area (Å²) in [6, 6.07) is 10.5. The van der Waals surface area contributed by atoms with Crippen molar-refractivity contribution in [2.24, 2.45) is 11.3 Å². The van der Waals surface area contributed by atoms with Crippen LogP contribution in [0.4, 0.5) is 0 Å². The Labute approximate surface area is 191 Å². The van der Waals surface area contributed by atoms with E-state index in [2.05, 4.69) is 36.6 Å². The van der Waals surface area contributed by atoms with Gasteiger partial charge in [0.05, 0.1) is 26.7 Å². The third-order valence-electron chi connectivity index (χ3n) is 6.70. The summed E-state index contributed by atoms with van der Waals surface area (Å²) >= 11 is 0. The Morgan fingerprint density at radius 2 is 1.69 bits per heavy atom. The number of piperidine rings is 1. The predicted molar refractivity (Wildman–Crippen MR) is 123 cm³/mol. The summed E-state index contributed by atoms with van der Waals surface area (Å²) < 4.78 is 1.01. The molecule has 1 atom stereocenters. The molecule has 0 bridgehead atoms. The number of aliphatic hydroxyl groups is 2. The maximum Gasteiger partial charge on any atom is 0.249 e. The van der Waals surface area contributed by atoms with E-state index in [4.69, 9.17) is 0 Å². The van der Waals surface area contributed by atoms with Crippen molar-refractivity contribution in [3.05, 3.63) is 35.9 Å². The SMILES string of the molecule is CC(C)(CO)[C@@H](O)C(=O)NCCC(=O)C(=O)CCC1CC[N+](C)(Cc2ccccc2)CC1. The van der Waals surface area contributed by atoms with Gasteiger partial charge in [-0.2, -0.15) is 0 Å². The molecule has 0 aromatic heterocycles. The van der Waals surface area contributed by atoms with Gasteiger partial charge in [0.2, 0.25) is 5.91 Å². The number of ketones is 2. The molecule has 0 saturated carbocycles. The molecule has 1 aliphatic heterocycles. The average molecular weight is 448 g/mol. The Hall–Kier alpha value is -2.09. The molecule has 1 saturated heterocycles. The van der Waals surface area contributed by atoms with Crippen LogP contribution in [0.15, 0.2) is 30.3 Å². The smallest absolute Gasteiger partial charge is 0.249 e. The summed E-state index contributed by atoms with van der Waals surface area (Å²) in [5.74, 6) is -1.06. The highest BCUT2D eigenvalue weighted by atomic mass is 16.3. The minimum absolute atomic E-state index is 0.000719. The van der Waals surface area contributed by atoms with Crippen LogP contribution in [0.25, 0.3) is 0 Å². The molecule has 0 unspecified atom stereocenters. The molecule has 178 valence electrons. The lowest BCUT2D eigenvalue weighted by molar-refractivity contribution is -0.928. The number of nitrogens with zero attached hydrogens (tertiary/aromatic N) is 1. The van der Waals surface area contributed by atoms with Gasteiger partial charge in [0, 0.05) is 30.4 Å². The molecule has 1 aromatic carbocycles. The number of likely N-dealkylation sites (tertiary alicyclic amines) is 1. The largest absolute Gasteiger partial charge is 0.396 e. The molecule has 1 fully saturated rings. The number of benzene rings is 1. The average Bonchev–Trinajstić information content (AvgIpc) is 2.78. The van der Waals surface area contributed by atoms with Gasteiger partial charge in [-0.25, -0.2) is 0 Å². The fraction of sp³-hybridized carbons (Fsp3) is 0.640. The zero-order chi connectivity index (χ0) is 23.8. The molecule has 3 N–H and O–H groups in total. The number of hydrogen-bond acceptors (Lipinski definition) is 5. The van der Waals surface area contributed by atoms with Crippen LogP contribution in [-0.4, -0.2) is 71.6 Å². The lowest BCUT2D eigenvalue weighted by atomic mass is 9.87. The second-order valence-electron chi connectivity index (χ2n) is 10.1. The second kappa shape index (κ2) is 11.7. The lowest BCUT2D eigenvalue weighted by Gasteiger charge is -2.40. The Kier molecular flexibility index (Phi) is 9.55. The Morgan fingerprint density at radius 3 is 2.28 bits per heavy atom.